The normalized spacial score (nSPS) is 24.1. The van der Waals surface area contributed by atoms with Gasteiger partial charge in [0.05, 0.1) is 6.04 Å². The zero-order valence-electron chi connectivity index (χ0n) is 9.29. The minimum atomic E-state index is -0.329. The van der Waals surface area contributed by atoms with Gasteiger partial charge in [0.2, 0.25) is 0 Å². The number of carbonyl (C=O) groups is 1. The summed E-state index contributed by atoms with van der Waals surface area (Å²) < 4.78 is 6.21. The number of rotatable bonds is 2. The Morgan fingerprint density at radius 1 is 1.50 bits per heavy atom. The van der Waals surface area contributed by atoms with Crippen LogP contribution in [-0.4, -0.2) is 12.2 Å². The molecule has 1 aromatic rings. The Bertz CT molecular complexity index is 419. The van der Waals surface area contributed by atoms with Crippen molar-refractivity contribution in [1.82, 2.24) is 5.32 Å². The molecule has 0 spiro atoms. The van der Waals surface area contributed by atoms with Crippen LogP contribution < -0.4 is 5.32 Å². The molecule has 0 aliphatic carbocycles. The third-order valence-electron chi connectivity index (χ3n) is 2.80. The minimum absolute atomic E-state index is 0.0486. The number of nitrogens with one attached hydrogen (secondary N) is 1. The Hall–Kier alpha value is -1.03. The van der Waals surface area contributed by atoms with E-state index >= 15 is 0 Å². The summed E-state index contributed by atoms with van der Waals surface area (Å²) in [6.45, 7) is 4.05. The molecule has 86 valence electrons. The lowest BCUT2D eigenvalue weighted by Gasteiger charge is -2.17. The molecule has 3 nitrogen and oxygen atoms in total. The summed E-state index contributed by atoms with van der Waals surface area (Å²) in [7, 11) is 0. The average molecular weight is 284 g/mol. The smallest absolute Gasteiger partial charge is 0.408 e. The van der Waals surface area contributed by atoms with Crippen molar-refractivity contribution < 1.29 is 9.53 Å². The summed E-state index contributed by atoms with van der Waals surface area (Å²) in [4.78, 5) is 11.2. The maximum Gasteiger partial charge on any atom is 0.408 e. The molecule has 1 aliphatic rings. The quantitative estimate of drug-likeness (QED) is 0.904. The first-order valence-corrected chi connectivity index (χ1v) is 6.14. The molecule has 4 heteroatoms. The van der Waals surface area contributed by atoms with Gasteiger partial charge in [0, 0.05) is 4.47 Å². The molecule has 0 saturated carbocycles. The number of aryl methyl sites for hydroxylation is 1. The van der Waals surface area contributed by atoms with Crippen LogP contribution in [0.5, 0.6) is 0 Å². The van der Waals surface area contributed by atoms with Crippen molar-refractivity contribution in [2.75, 3.05) is 0 Å². The highest BCUT2D eigenvalue weighted by atomic mass is 79.9. The summed E-state index contributed by atoms with van der Waals surface area (Å²) in [6.07, 6.45) is 0.403. The van der Waals surface area contributed by atoms with Crippen LogP contribution in [0.15, 0.2) is 22.7 Å². The van der Waals surface area contributed by atoms with Crippen molar-refractivity contribution in [2.24, 2.45) is 0 Å². The molecular weight excluding hydrogens is 270 g/mol. The predicted molar refractivity (Wildman–Crippen MR) is 65.3 cm³/mol. The predicted octanol–water partition coefficient (Wildman–Crippen LogP) is 3.32. The van der Waals surface area contributed by atoms with E-state index in [1.807, 2.05) is 32.0 Å². The summed E-state index contributed by atoms with van der Waals surface area (Å²) in [5.74, 6) is 0. The molecule has 1 N–H and O–H groups in total. The van der Waals surface area contributed by atoms with Crippen LogP contribution in [0, 0.1) is 6.92 Å². The Morgan fingerprint density at radius 2 is 2.25 bits per heavy atom. The second kappa shape index (κ2) is 4.45. The summed E-state index contributed by atoms with van der Waals surface area (Å²) in [5.41, 5.74) is 2.26. The fraction of sp³-hybridized carbons (Fsp3) is 0.417. The van der Waals surface area contributed by atoms with Crippen molar-refractivity contribution >= 4 is 22.0 Å². The van der Waals surface area contributed by atoms with Gasteiger partial charge >= 0.3 is 6.09 Å². The molecule has 1 fully saturated rings. The van der Waals surface area contributed by atoms with Crippen LogP contribution in [0.1, 0.15) is 30.5 Å². The van der Waals surface area contributed by atoms with Crippen LogP contribution >= 0.6 is 15.9 Å². The number of hydrogen-bond acceptors (Lipinski definition) is 2. The van der Waals surface area contributed by atoms with Gasteiger partial charge in [-0.05, 0) is 30.5 Å². The van der Waals surface area contributed by atoms with E-state index in [4.69, 9.17) is 4.74 Å². The Kier molecular flexibility index (Phi) is 3.19. The first-order chi connectivity index (χ1) is 7.61. The Morgan fingerprint density at radius 3 is 2.88 bits per heavy atom. The molecular formula is C12H14BrNO2. The fourth-order valence-corrected chi connectivity index (χ4v) is 2.68. The van der Waals surface area contributed by atoms with Crippen LogP contribution in [0.25, 0.3) is 0 Å². The highest BCUT2D eigenvalue weighted by molar-refractivity contribution is 9.10. The molecule has 1 amide bonds. The van der Waals surface area contributed by atoms with E-state index < -0.39 is 0 Å². The van der Waals surface area contributed by atoms with Crippen LogP contribution in [-0.2, 0) is 4.74 Å². The van der Waals surface area contributed by atoms with Crippen LogP contribution in [0.2, 0.25) is 0 Å². The first kappa shape index (κ1) is 11.5. The van der Waals surface area contributed by atoms with Gasteiger partial charge in [-0.1, -0.05) is 35.0 Å². The van der Waals surface area contributed by atoms with Gasteiger partial charge in [0.1, 0.15) is 6.10 Å². The zero-order chi connectivity index (χ0) is 11.7. The monoisotopic (exact) mass is 283 g/mol. The van der Waals surface area contributed by atoms with Gasteiger partial charge in [0.15, 0.2) is 0 Å². The number of alkyl carbamates (subject to hydrolysis) is 1. The summed E-state index contributed by atoms with van der Waals surface area (Å²) in [6, 6.07) is 6.07. The lowest BCUT2D eigenvalue weighted by atomic mass is 9.99. The molecule has 16 heavy (non-hydrogen) atoms. The van der Waals surface area contributed by atoms with E-state index in [-0.39, 0.29) is 18.2 Å². The molecule has 2 atom stereocenters. The molecule has 0 aromatic heterocycles. The lowest BCUT2D eigenvalue weighted by molar-refractivity contribution is 0.129. The molecule has 1 saturated heterocycles. The van der Waals surface area contributed by atoms with Crippen LogP contribution in [0.4, 0.5) is 4.79 Å². The molecule has 2 rings (SSSR count). The number of benzene rings is 1. The van der Waals surface area contributed by atoms with Crippen molar-refractivity contribution in [2.45, 2.75) is 32.4 Å². The van der Waals surface area contributed by atoms with Crippen molar-refractivity contribution in [3.63, 3.8) is 0 Å². The highest BCUT2D eigenvalue weighted by Crippen LogP contribution is 2.32. The summed E-state index contributed by atoms with van der Waals surface area (Å²) >= 11 is 3.53. The Labute approximate surface area is 103 Å². The lowest BCUT2D eigenvalue weighted by Crippen LogP contribution is -2.22. The fourth-order valence-electron chi connectivity index (χ4n) is 1.94. The Balaban J connectivity index is 2.32. The molecule has 2 unspecified atom stereocenters. The van der Waals surface area contributed by atoms with E-state index in [2.05, 4.69) is 21.2 Å². The van der Waals surface area contributed by atoms with E-state index in [9.17, 15) is 4.79 Å². The number of cyclic esters (lactones) is 1. The first-order valence-electron chi connectivity index (χ1n) is 5.35. The van der Waals surface area contributed by atoms with Crippen molar-refractivity contribution in [3.05, 3.63) is 33.8 Å². The van der Waals surface area contributed by atoms with Crippen molar-refractivity contribution in [1.29, 1.82) is 0 Å². The highest BCUT2D eigenvalue weighted by Gasteiger charge is 2.34. The van der Waals surface area contributed by atoms with Crippen molar-refractivity contribution in [3.8, 4) is 0 Å². The van der Waals surface area contributed by atoms with E-state index in [0.29, 0.717) is 0 Å². The SMILES string of the molecule is CCC1OC(=O)NC1c1ccc(C)cc1Br. The number of ether oxygens (including phenoxy) is 1. The standard InChI is InChI=1S/C12H14BrNO2/c1-3-10-11(14-12(15)16-10)8-5-4-7(2)6-9(8)13/h4-6,10-11H,3H2,1-2H3,(H,14,15). The number of hydrogen-bond donors (Lipinski definition) is 1. The zero-order valence-corrected chi connectivity index (χ0v) is 10.9. The van der Waals surface area contributed by atoms with Gasteiger partial charge < -0.3 is 10.1 Å². The topological polar surface area (TPSA) is 38.3 Å². The molecule has 1 heterocycles. The second-order valence-corrected chi connectivity index (χ2v) is 4.85. The second-order valence-electron chi connectivity index (χ2n) is 4.00. The minimum Gasteiger partial charge on any atom is -0.444 e. The number of amides is 1. The number of carbonyl (C=O) groups excluding carboxylic acids is 1. The van der Waals surface area contributed by atoms with E-state index in [0.717, 1.165) is 16.5 Å². The molecule has 0 radical (unpaired) electrons. The van der Waals surface area contributed by atoms with Gasteiger partial charge in [-0.15, -0.1) is 0 Å². The van der Waals surface area contributed by atoms with Gasteiger partial charge in [-0.2, -0.15) is 0 Å². The summed E-state index contributed by atoms with van der Waals surface area (Å²) in [5, 5.41) is 2.84. The largest absolute Gasteiger partial charge is 0.444 e. The molecule has 1 aromatic carbocycles. The van der Waals surface area contributed by atoms with Crippen LogP contribution in [0.3, 0.4) is 0 Å². The maximum atomic E-state index is 11.2. The third-order valence-corrected chi connectivity index (χ3v) is 3.48. The maximum absolute atomic E-state index is 11.2. The number of halogens is 1. The average Bonchev–Trinajstić information content (AvgIpc) is 2.59. The molecule has 1 aliphatic heterocycles. The van der Waals surface area contributed by atoms with Gasteiger partial charge in [-0.25, -0.2) is 4.79 Å². The van der Waals surface area contributed by atoms with E-state index in [1.54, 1.807) is 0 Å². The third kappa shape index (κ3) is 2.07. The van der Waals surface area contributed by atoms with Gasteiger partial charge in [0.25, 0.3) is 0 Å². The molecule has 0 bridgehead atoms. The van der Waals surface area contributed by atoms with E-state index in [1.165, 1.54) is 5.56 Å². The van der Waals surface area contributed by atoms with Gasteiger partial charge in [-0.3, -0.25) is 0 Å².